The van der Waals surface area contributed by atoms with Crippen LogP contribution < -0.4 is 0 Å². The average molecular weight is 185 g/mol. The first-order valence-electron chi connectivity index (χ1n) is 4.38. The average Bonchev–Trinajstić information content (AvgIpc) is 2.04. The Hall–Kier alpha value is -0.490. The van der Waals surface area contributed by atoms with Gasteiger partial charge in [0.05, 0.1) is 0 Å². The van der Waals surface area contributed by atoms with E-state index in [2.05, 4.69) is 38.1 Å². The Morgan fingerprint density at radius 2 is 1.67 bits per heavy atom. The molecule has 0 aromatic heterocycles. The Labute approximate surface area is 81.4 Å². The maximum atomic E-state index is 2.23. The lowest BCUT2D eigenvalue weighted by Gasteiger charge is -1.99. The molecule has 0 nitrogen and oxygen atoms in total. The van der Waals surface area contributed by atoms with Crippen LogP contribution in [0.25, 0.3) is 0 Å². The zero-order valence-electron chi connectivity index (χ0n) is 7.84. The number of hydrogen-bond acceptors (Lipinski definition) is 0. The number of benzene rings is 1. The van der Waals surface area contributed by atoms with Gasteiger partial charge < -0.3 is 0 Å². The molecule has 1 heteroatoms. The highest BCUT2D eigenvalue weighted by Crippen LogP contribution is 2.06. The van der Waals surface area contributed by atoms with E-state index in [1.165, 1.54) is 30.4 Å². The van der Waals surface area contributed by atoms with Crippen LogP contribution in [0.5, 0.6) is 0 Å². The zero-order chi connectivity index (χ0) is 8.10. The van der Waals surface area contributed by atoms with E-state index in [9.17, 15) is 0 Å². The zero-order valence-corrected chi connectivity index (χ0v) is 8.66. The molecule has 68 valence electrons. The monoisotopic (exact) mass is 184 g/mol. The molecule has 0 atom stereocenters. The van der Waals surface area contributed by atoms with Crippen molar-refractivity contribution in [2.75, 3.05) is 0 Å². The van der Waals surface area contributed by atoms with Crippen molar-refractivity contribution in [2.45, 2.75) is 33.1 Å². The molecule has 0 aliphatic carbocycles. The smallest absolute Gasteiger partial charge is 0.0279 e. The van der Waals surface area contributed by atoms with Gasteiger partial charge in [-0.05, 0) is 25.3 Å². The van der Waals surface area contributed by atoms with E-state index in [1.807, 2.05) is 0 Å². The molecule has 0 unspecified atom stereocenters. The van der Waals surface area contributed by atoms with Crippen LogP contribution in [0.4, 0.5) is 0 Å². The van der Waals surface area contributed by atoms with Gasteiger partial charge in [0.2, 0.25) is 0 Å². The van der Waals surface area contributed by atoms with Crippen molar-refractivity contribution in [3.8, 4) is 0 Å². The third kappa shape index (κ3) is 3.77. The van der Waals surface area contributed by atoms with Crippen LogP contribution in [0.2, 0.25) is 0 Å². The van der Waals surface area contributed by atoms with Gasteiger partial charge in [0.15, 0.2) is 0 Å². The quantitative estimate of drug-likeness (QED) is 0.671. The fraction of sp³-hybridized carbons (Fsp3) is 0.455. The lowest BCUT2D eigenvalue weighted by Crippen LogP contribution is -1.83. The summed E-state index contributed by atoms with van der Waals surface area (Å²) in [7, 11) is 0. The molecule has 12 heavy (non-hydrogen) atoms. The Bertz CT molecular complexity index is 201. The van der Waals surface area contributed by atoms with Crippen molar-refractivity contribution in [3.05, 3.63) is 35.4 Å². The van der Waals surface area contributed by atoms with Crippen molar-refractivity contribution in [3.63, 3.8) is 0 Å². The van der Waals surface area contributed by atoms with Gasteiger partial charge in [0.25, 0.3) is 0 Å². The van der Waals surface area contributed by atoms with E-state index < -0.39 is 0 Å². The van der Waals surface area contributed by atoms with E-state index in [4.69, 9.17) is 0 Å². The van der Waals surface area contributed by atoms with Gasteiger partial charge in [-0.2, -0.15) is 0 Å². The van der Waals surface area contributed by atoms with Crippen LogP contribution in [-0.4, -0.2) is 0 Å². The van der Waals surface area contributed by atoms with Gasteiger partial charge in [-0.3, -0.25) is 0 Å². The fourth-order valence-corrected chi connectivity index (χ4v) is 1.14. The van der Waals surface area contributed by atoms with Gasteiger partial charge in [-0.15, -0.1) is 12.4 Å². The minimum absolute atomic E-state index is 0. The molecule has 0 amide bonds. The maximum absolute atomic E-state index is 2.23. The summed E-state index contributed by atoms with van der Waals surface area (Å²) in [5.41, 5.74) is 2.82. The molecule has 0 bridgehead atoms. The number of halogens is 1. The number of rotatable bonds is 3. The molecule has 1 aromatic carbocycles. The summed E-state index contributed by atoms with van der Waals surface area (Å²) in [5, 5.41) is 0. The van der Waals surface area contributed by atoms with Gasteiger partial charge >= 0.3 is 0 Å². The molecule has 0 spiro atoms. The minimum atomic E-state index is 0. The maximum Gasteiger partial charge on any atom is -0.0279 e. The second-order valence-electron chi connectivity index (χ2n) is 3.09. The predicted octanol–water partition coefficient (Wildman–Crippen LogP) is 3.76. The third-order valence-corrected chi connectivity index (χ3v) is 1.94. The lowest BCUT2D eigenvalue weighted by atomic mass is 10.1. The van der Waals surface area contributed by atoms with Crippen LogP contribution >= 0.6 is 12.4 Å². The normalized spacial score (nSPS) is 9.17. The first-order valence-corrected chi connectivity index (χ1v) is 4.38. The van der Waals surface area contributed by atoms with Crippen molar-refractivity contribution in [1.82, 2.24) is 0 Å². The van der Waals surface area contributed by atoms with Crippen LogP contribution in [0.3, 0.4) is 0 Å². The highest BCUT2D eigenvalue weighted by molar-refractivity contribution is 5.85. The SMILES string of the molecule is CCCCc1ccc(C)cc1.Cl. The topological polar surface area (TPSA) is 0 Å². The van der Waals surface area contributed by atoms with E-state index >= 15 is 0 Å². The molecule has 0 fully saturated rings. The molecule has 0 saturated heterocycles. The standard InChI is InChI=1S/C11H16.ClH/c1-3-4-5-11-8-6-10(2)7-9-11;/h6-9H,3-5H2,1-2H3;1H. The van der Waals surface area contributed by atoms with Crippen molar-refractivity contribution < 1.29 is 0 Å². The first kappa shape index (κ1) is 11.5. The summed E-state index contributed by atoms with van der Waals surface area (Å²) in [5.74, 6) is 0. The van der Waals surface area contributed by atoms with Crippen molar-refractivity contribution >= 4 is 12.4 Å². The third-order valence-electron chi connectivity index (χ3n) is 1.94. The van der Waals surface area contributed by atoms with Crippen LogP contribution in [0.15, 0.2) is 24.3 Å². The summed E-state index contributed by atoms with van der Waals surface area (Å²) in [4.78, 5) is 0. The number of hydrogen-bond donors (Lipinski definition) is 0. The largest absolute Gasteiger partial charge is 0.147 e. The molecule has 0 aliphatic rings. The summed E-state index contributed by atoms with van der Waals surface area (Å²) < 4.78 is 0. The summed E-state index contributed by atoms with van der Waals surface area (Å²) in [6.45, 7) is 4.36. The Morgan fingerprint density at radius 1 is 1.08 bits per heavy atom. The highest BCUT2D eigenvalue weighted by Gasteiger charge is 1.90. The van der Waals surface area contributed by atoms with E-state index in [-0.39, 0.29) is 12.4 Å². The lowest BCUT2D eigenvalue weighted by molar-refractivity contribution is 0.795. The van der Waals surface area contributed by atoms with Crippen LogP contribution in [0, 0.1) is 6.92 Å². The van der Waals surface area contributed by atoms with Gasteiger partial charge in [-0.25, -0.2) is 0 Å². The van der Waals surface area contributed by atoms with Crippen LogP contribution in [0.1, 0.15) is 30.9 Å². The molecular formula is C11H17Cl. The van der Waals surface area contributed by atoms with Gasteiger partial charge in [0, 0.05) is 0 Å². The van der Waals surface area contributed by atoms with E-state index in [1.54, 1.807) is 0 Å². The molecule has 1 rings (SSSR count). The summed E-state index contributed by atoms with van der Waals surface area (Å²) in [6.07, 6.45) is 3.83. The van der Waals surface area contributed by atoms with Crippen molar-refractivity contribution in [2.24, 2.45) is 0 Å². The van der Waals surface area contributed by atoms with E-state index in [0.29, 0.717) is 0 Å². The molecular weight excluding hydrogens is 168 g/mol. The summed E-state index contributed by atoms with van der Waals surface area (Å²) >= 11 is 0. The molecule has 0 saturated carbocycles. The molecule has 0 aliphatic heterocycles. The molecule has 0 radical (unpaired) electrons. The predicted molar refractivity (Wildman–Crippen MR) is 57.0 cm³/mol. The second kappa shape index (κ2) is 6.07. The molecule has 0 heterocycles. The second-order valence-corrected chi connectivity index (χ2v) is 3.09. The molecule has 0 N–H and O–H groups in total. The first-order chi connectivity index (χ1) is 5.33. The van der Waals surface area contributed by atoms with Gasteiger partial charge in [-0.1, -0.05) is 43.2 Å². The number of unbranched alkanes of at least 4 members (excludes halogenated alkanes) is 1. The Balaban J connectivity index is 0.00000121. The Morgan fingerprint density at radius 3 is 2.17 bits per heavy atom. The van der Waals surface area contributed by atoms with Crippen molar-refractivity contribution in [1.29, 1.82) is 0 Å². The summed E-state index contributed by atoms with van der Waals surface area (Å²) in [6, 6.07) is 8.83. The fourth-order valence-electron chi connectivity index (χ4n) is 1.14. The van der Waals surface area contributed by atoms with Gasteiger partial charge in [0.1, 0.15) is 0 Å². The van der Waals surface area contributed by atoms with Crippen LogP contribution in [-0.2, 0) is 6.42 Å². The van der Waals surface area contributed by atoms with E-state index in [0.717, 1.165) is 0 Å². The highest BCUT2D eigenvalue weighted by atomic mass is 35.5. The Kier molecular flexibility index (Phi) is 5.83. The number of aryl methyl sites for hydroxylation is 2. The minimum Gasteiger partial charge on any atom is -0.147 e. The molecule has 1 aromatic rings.